The normalized spacial score (nSPS) is 13.9. The second kappa shape index (κ2) is 11.0. The minimum absolute atomic E-state index is 0.101. The number of ether oxygens (including phenoxy) is 1. The van der Waals surface area contributed by atoms with Gasteiger partial charge in [-0.25, -0.2) is 0 Å². The van der Waals surface area contributed by atoms with Crippen LogP contribution in [0.5, 0.6) is 17.2 Å². The molecule has 0 atom stereocenters. The quantitative estimate of drug-likeness (QED) is 0.176. The number of nitrogens with one attached hydrogen (secondary N) is 1. The fraction of sp³-hybridized carbons (Fsp3) is 0.464. The van der Waals surface area contributed by atoms with Gasteiger partial charge >= 0.3 is 0 Å². The molecule has 1 aliphatic rings. The van der Waals surface area contributed by atoms with Crippen molar-refractivity contribution in [1.82, 2.24) is 0 Å². The average Bonchev–Trinajstić information content (AvgIpc) is 2.87. The van der Waals surface area contributed by atoms with Gasteiger partial charge in [-0.1, -0.05) is 44.4 Å². The molecule has 7 nitrogen and oxygen atoms in total. The number of phenols is 3. The summed E-state index contributed by atoms with van der Waals surface area (Å²) in [6.45, 7) is 11.5. The summed E-state index contributed by atoms with van der Waals surface area (Å²) in [4.78, 5) is 14.9. The molecular weight excluding hydrogens is 444 g/mol. The number of fused-ring (bicyclic) bond motifs is 2. The van der Waals surface area contributed by atoms with Crippen LogP contribution in [-0.4, -0.2) is 40.0 Å². The monoisotopic (exact) mass is 482 g/mol. The highest BCUT2D eigenvalue weighted by molar-refractivity contribution is 6.15. The number of aromatic hydroxyl groups is 3. The summed E-state index contributed by atoms with van der Waals surface area (Å²) in [5.41, 5.74) is 1.95. The van der Waals surface area contributed by atoms with E-state index in [1.54, 1.807) is 12.1 Å². The van der Waals surface area contributed by atoms with Crippen LogP contribution >= 0.6 is 0 Å². The zero-order chi connectivity index (χ0) is 25.8. The van der Waals surface area contributed by atoms with Crippen molar-refractivity contribution in [2.75, 3.05) is 23.4 Å². The van der Waals surface area contributed by atoms with Crippen molar-refractivity contribution in [1.29, 1.82) is 0 Å². The Kier molecular flexibility index (Phi) is 8.33. The van der Waals surface area contributed by atoms with E-state index in [9.17, 15) is 20.1 Å². The van der Waals surface area contributed by atoms with Crippen LogP contribution in [0.15, 0.2) is 42.0 Å². The number of hydrogen-bond acceptors (Lipinski definition) is 6. The van der Waals surface area contributed by atoms with Gasteiger partial charge in [0, 0.05) is 18.7 Å². The second-order valence-corrected chi connectivity index (χ2v) is 10.3. The van der Waals surface area contributed by atoms with Crippen molar-refractivity contribution in [3.05, 3.63) is 47.5 Å². The summed E-state index contributed by atoms with van der Waals surface area (Å²) in [5, 5.41) is 33.9. The average molecular weight is 483 g/mol. The lowest BCUT2D eigenvalue weighted by atomic mass is 9.97. The SMILES string of the molecule is C/C(=C\CN1C(=O)c2cccc(O)c2Nc2c(O)cc(O)cc21)CCOC(C)(C)CCCC(C)C. The first-order valence-electron chi connectivity index (χ1n) is 12.2. The van der Waals surface area contributed by atoms with Gasteiger partial charge in [0.15, 0.2) is 0 Å². The summed E-state index contributed by atoms with van der Waals surface area (Å²) in [5.74, 6) is -0.139. The third-order valence-electron chi connectivity index (χ3n) is 6.31. The standard InChI is InChI=1S/C28H38N2O5/c1-18(2)8-7-13-28(4,5)35-15-12-19(3)11-14-30-22-16-20(31)17-24(33)26(22)29-25-21(27(30)34)9-6-10-23(25)32/h6,9-11,16-18,29,31-33H,7-8,12-15H2,1-5H3/b19-11+. The molecule has 1 aliphatic heterocycles. The molecule has 190 valence electrons. The Morgan fingerprint density at radius 2 is 1.89 bits per heavy atom. The van der Waals surface area contributed by atoms with Gasteiger partial charge in [0.05, 0.1) is 29.1 Å². The van der Waals surface area contributed by atoms with Gasteiger partial charge in [0.2, 0.25) is 0 Å². The molecule has 4 N–H and O–H groups in total. The maximum absolute atomic E-state index is 13.4. The van der Waals surface area contributed by atoms with Crippen LogP contribution in [0.3, 0.4) is 0 Å². The lowest BCUT2D eigenvalue weighted by Gasteiger charge is -2.26. The molecule has 0 aliphatic carbocycles. The smallest absolute Gasteiger partial charge is 0.260 e. The van der Waals surface area contributed by atoms with Crippen molar-refractivity contribution in [2.45, 2.75) is 65.9 Å². The van der Waals surface area contributed by atoms with Crippen LogP contribution in [-0.2, 0) is 4.74 Å². The number of rotatable bonds is 10. The number of amides is 1. The molecule has 0 aromatic heterocycles. The zero-order valence-electron chi connectivity index (χ0n) is 21.4. The van der Waals surface area contributed by atoms with Gasteiger partial charge in [-0.2, -0.15) is 0 Å². The molecular formula is C28H38N2O5. The van der Waals surface area contributed by atoms with Gasteiger partial charge in [-0.05, 0) is 51.7 Å². The van der Waals surface area contributed by atoms with Crippen molar-refractivity contribution < 1.29 is 24.9 Å². The number of carbonyl (C=O) groups is 1. The highest BCUT2D eigenvalue weighted by atomic mass is 16.5. The van der Waals surface area contributed by atoms with E-state index in [0.717, 1.165) is 24.8 Å². The molecule has 2 aromatic rings. The molecule has 0 fully saturated rings. The molecule has 0 radical (unpaired) electrons. The summed E-state index contributed by atoms with van der Waals surface area (Å²) >= 11 is 0. The van der Waals surface area contributed by atoms with Gasteiger partial charge in [0.25, 0.3) is 5.91 Å². The first kappa shape index (κ1) is 26.4. The summed E-state index contributed by atoms with van der Waals surface area (Å²) in [6.07, 6.45) is 6.02. The number of para-hydroxylation sites is 1. The maximum atomic E-state index is 13.4. The van der Waals surface area contributed by atoms with Crippen LogP contribution < -0.4 is 10.2 Å². The minimum Gasteiger partial charge on any atom is -0.508 e. The number of hydrogen-bond donors (Lipinski definition) is 4. The van der Waals surface area contributed by atoms with E-state index in [4.69, 9.17) is 4.74 Å². The molecule has 2 aromatic carbocycles. The predicted molar refractivity (Wildman–Crippen MR) is 140 cm³/mol. The Balaban J connectivity index is 1.74. The van der Waals surface area contributed by atoms with Crippen LogP contribution in [0.1, 0.15) is 70.7 Å². The van der Waals surface area contributed by atoms with Crippen molar-refractivity contribution >= 4 is 23.0 Å². The molecule has 1 heterocycles. The Morgan fingerprint density at radius 1 is 1.14 bits per heavy atom. The van der Waals surface area contributed by atoms with E-state index < -0.39 is 0 Å². The van der Waals surface area contributed by atoms with Gasteiger partial charge < -0.3 is 30.3 Å². The molecule has 7 heteroatoms. The highest BCUT2D eigenvalue weighted by Gasteiger charge is 2.30. The lowest BCUT2D eigenvalue weighted by Crippen LogP contribution is -2.30. The predicted octanol–water partition coefficient (Wildman–Crippen LogP) is 6.47. The van der Waals surface area contributed by atoms with Gasteiger partial charge in [0.1, 0.15) is 22.9 Å². The fourth-order valence-corrected chi connectivity index (χ4v) is 4.19. The second-order valence-electron chi connectivity index (χ2n) is 10.3. The van der Waals surface area contributed by atoms with Gasteiger partial charge in [-0.15, -0.1) is 0 Å². The van der Waals surface area contributed by atoms with Crippen LogP contribution in [0, 0.1) is 5.92 Å². The topological polar surface area (TPSA) is 102 Å². The Bertz CT molecular complexity index is 1090. The number of phenolic OH excluding ortho intramolecular Hbond substituents is 3. The summed E-state index contributed by atoms with van der Waals surface area (Å²) < 4.78 is 6.14. The number of benzene rings is 2. The van der Waals surface area contributed by atoms with E-state index in [1.807, 2.05) is 13.0 Å². The molecule has 0 bridgehead atoms. The number of anilines is 3. The largest absolute Gasteiger partial charge is 0.508 e. The Labute approximate surface area is 208 Å². The number of nitrogens with zero attached hydrogens (tertiary/aromatic N) is 1. The third kappa shape index (κ3) is 6.69. The van der Waals surface area contributed by atoms with Crippen molar-refractivity contribution in [3.63, 3.8) is 0 Å². The Hall–Kier alpha value is -3.19. The van der Waals surface area contributed by atoms with Crippen LogP contribution in [0.2, 0.25) is 0 Å². The summed E-state index contributed by atoms with van der Waals surface area (Å²) in [6, 6.07) is 7.31. The van der Waals surface area contributed by atoms with Crippen LogP contribution in [0.4, 0.5) is 17.1 Å². The lowest BCUT2D eigenvalue weighted by molar-refractivity contribution is -0.0237. The molecule has 0 spiro atoms. The minimum atomic E-state index is -0.348. The first-order chi connectivity index (χ1) is 16.5. The van der Waals surface area contributed by atoms with E-state index in [2.05, 4.69) is 33.0 Å². The van der Waals surface area contributed by atoms with Crippen LogP contribution in [0.25, 0.3) is 0 Å². The van der Waals surface area contributed by atoms with E-state index in [1.165, 1.54) is 29.5 Å². The molecule has 0 saturated heterocycles. The highest BCUT2D eigenvalue weighted by Crippen LogP contribution is 2.45. The van der Waals surface area contributed by atoms with Crippen molar-refractivity contribution in [3.8, 4) is 17.2 Å². The van der Waals surface area contributed by atoms with E-state index in [-0.39, 0.29) is 52.2 Å². The molecule has 1 amide bonds. The van der Waals surface area contributed by atoms with E-state index in [0.29, 0.717) is 18.2 Å². The van der Waals surface area contributed by atoms with Crippen molar-refractivity contribution in [2.24, 2.45) is 5.92 Å². The molecule has 0 unspecified atom stereocenters. The third-order valence-corrected chi connectivity index (χ3v) is 6.31. The molecule has 35 heavy (non-hydrogen) atoms. The van der Waals surface area contributed by atoms with Gasteiger partial charge in [-0.3, -0.25) is 4.79 Å². The maximum Gasteiger partial charge on any atom is 0.260 e. The first-order valence-corrected chi connectivity index (χ1v) is 12.2. The molecule has 0 saturated carbocycles. The zero-order valence-corrected chi connectivity index (χ0v) is 21.4. The Morgan fingerprint density at radius 3 is 2.60 bits per heavy atom. The van der Waals surface area contributed by atoms with E-state index >= 15 is 0 Å². The number of carbonyl (C=O) groups excluding carboxylic acids is 1. The summed E-state index contributed by atoms with van der Waals surface area (Å²) in [7, 11) is 0. The fourth-order valence-electron chi connectivity index (χ4n) is 4.19. The molecule has 3 rings (SSSR count).